The normalized spacial score (nSPS) is 11.7. The van der Waals surface area contributed by atoms with Gasteiger partial charge in [-0.25, -0.2) is 0 Å². The first-order chi connectivity index (χ1) is 7.96. The van der Waals surface area contributed by atoms with Crippen molar-refractivity contribution < 1.29 is 22.7 Å². The Balaban J connectivity index is 2.16. The van der Waals surface area contributed by atoms with Gasteiger partial charge in [-0.15, -0.1) is 0 Å². The standard InChI is InChI=1S/C11H8F3NO2/c12-11(13,14)5-10(16)17-9-6-15-8-4-2-1-3-7(8)9/h1-4,6,15H,5H2. The predicted molar refractivity (Wildman–Crippen MR) is 54.6 cm³/mol. The number of rotatable bonds is 2. The summed E-state index contributed by atoms with van der Waals surface area (Å²) in [5.74, 6) is -1.21. The SMILES string of the molecule is O=C(CC(F)(F)F)Oc1c[nH]c2ccccc12. The maximum absolute atomic E-state index is 11.9. The van der Waals surface area contributed by atoms with Gasteiger partial charge in [0, 0.05) is 17.1 Å². The minimum absolute atomic E-state index is 0.106. The number of H-pyrrole nitrogens is 1. The molecule has 3 nitrogen and oxygen atoms in total. The molecule has 1 aromatic heterocycles. The minimum atomic E-state index is -4.55. The molecule has 0 atom stereocenters. The van der Waals surface area contributed by atoms with Gasteiger partial charge in [0.1, 0.15) is 6.42 Å². The molecule has 0 aliphatic carbocycles. The predicted octanol–water partition coefficient (Wildman–Crippen LogP) is 3.03. The lowest BCUT2D eigenvalue weighted by Gasteiger charge is -2.05. The van der Waals surface area contributed by atoms with Gasteiger partial charge in [0.05, 0.1) is 0 Å². The Morgan fingerprint density at radius 2 is 2.00 bits per heavy atom. The minimum Gasteiger partial charge on any atom is -0.424 e. The summed E-state index contributed by atoms with van der Waals surface area (Å²) >= 11 is 0. The first-order valence-corrected chi connectivity index (χ1v) is 4.79. The molecule has 17 heavy (non-hydrogen) atoms. The number of esters is 1. The van der Waals surface area contributed by atoms with Crippen molar-refractivity contribution in [3.8, 4) is 5.75 Å². The summed E-state index contributed by atoms with van der Waals surface area (Å²) < 4.78 is 40.5. The lowest BCUT2D eigenvalue weighted by molar-refractivity contribution is -0.163. The second kappa shape index (κ2) is 4.12. The van der Waals surface area contributed by atoms with Crippen molar-refractivity contribution in [1.29, 1.82) is 0 Å². The number of ether oxygens (including phenoxy) is 1. The number of carbonyl (C=O) groups excluding carboxylic acids is 1. The summed E-state index contributed by atoms with van der Waals surface area (Å²) in [5.41, 5.74) is 0.697. The molecule has 90 valence electrons. The molecule has 0 aliphatic heterocycles. The summed E-state index contributed by atoms with van der Waals surface area (Å²) in [5, 5.41) is 0.572. The van der Waals surface area contributed by atoms with Gasteiger partial charge in [0.15, 0.2) is 5.75 Å². The molecule has 0 radical (unpaired) electrons. The second-order valence-electron chi connectivity index (χ2n) is 3.46. The molecule has 0 aliphatic rings. The van der Waals surface area contributed by atoms with Gasteiger partial charge in [0.25, 0.3) is 0 Å². The molecule has 2 rings (SSSR count). The van der Waals surface area contributed by atoms with Crippen molar-refractivity contribution in [3.05, 3.63) is 30.5 Å². The van der Waals surface area contributed by atoms with Crippen molar-refractivity contribution in [3.63, 3.8) is 0 Å². The fraction of sp³-hybridized carbons (Fsp3) is 0.182. The van der Waals surface area contributed by atoms with E-state index in [4.69, 9.17) is 0 Å². The zero-order chi connectivity index (χ0) is 12.5. The highest BCUT2D eigenvalue weighted by atomic mass is 19.4. The van der Waals surface area contributed by atoms with Crippen LogP contribution in [0.25, 0.3) is 10.9 Å². The third-order valence-corrected chi connectivity index (χ3v) is 2.12. The molecule has 0 amide bonds. The van der Waals surface area contributed by atoms with E-state index in [0.29, 0.717) is 10.9 Å². The molecular weight excluding hydrogens is 235 g/mol. The van der Waals surface area contributed by atoms with E-state index in [1.165, 1.54) is 6.20 Å². The van der Waals surface area contributed by atoms with Crippen molar-refractivity contribution in [2.45, 2.75) is 12.6 Å². The number of hydrogen-bond acceptors (Lipinski definition) is 2. The summed E-state index contributed by atoms with van der Waals surface area (Å²) in [6.45, 7) is 0. The third kappa shape index (κ3) is 2.77. The molecular formula is C11H8F3NO2. The number of hydrogen-bond donors (Lipinski definition) is 1. The number of nitrogens with one attached hydrogen (secondary N) is 1. The quantitative estimate of drug-likeness (QED) is 0.824. The summed E-state index contributed by atoms with van der Waals surface area (Å²) in [6, 6.07) is 6.86. The highest BCUT2D eigenvalue weighted by Crippen LogP contribution is 2.27. The van der Waals surface area contributed by atoms with Crippen LogP contribution in [0, 0.1) is 0 Å². The van der Waals surface area contributed by atoms with Gasteiger partial charge in [-0.05, 0) is 12.1 Å². The molecule has 0 saturated heterocycles. The van der Waals surface area contributed by atoms with Crippen LogP contribution in [0.15, 0.2) is 30.5 Å². The zero-order valence-electron chi connectivity index (χ0n) is 8.54. The highest BCUT2D eigenvalue weighted by Gasteiger charge is 2.32. The van der Waals surface area contributed by atoms with E-state index in [2.05, 4.69) is 9.72 Å². The van der Waals surface area contributed by atoms with Crippen LogP contribution >= 0.6 is 0 Å². The number of para-hydroxylation sites is 1. The smallest absolute Gasteiger partial charge is 0.399 e. The van der Waals surface area contributed by atoms with Crippen LogP contribution in [-0.2, 0) is 4.79 Å². The molecule has 1 aromatic carbocycles. The van der Waals surface area contributed by atoms with Gasteiger partial charge in [0.2, 0.25) is 0 Å². The Labute approximate surface area is 94.2 Å². The van der Waals surface area contributed by atoms with Crippen LogP contribution in [0.5, 0.6) is 5.75 Å². The molecule has 0 saturated carbocycles. The van der Waals surface area contributed by atoms with Crippen LogP contribution < -0.4 is 4.74 Å². The summed E-state index contributed by atoms with van der Waals surface area (Å²) in [4.78, 5) is 13.8. The number of fused-ring (bicyclic) bond motifs is 1. The van der Waals surface area contributed by atoms with Crippen LogP contribution in [0.3, 0.4) is 0 Å². The van der Waals surface area contributed by atoms with Gasteiger partial charge < -0.3 is 9.72 Å². The Hall–Kier alpha value is -1.98. The zero-order valence-corrected chi connectivity index (χ0v) is 8.54. The van der Waals surface area contributed by atoms with E-state index in [0.717, 1.165) is 0 Å². The number of aromatic amines is 1. The van der Waals surface area contributed by atoms with E-state index in [1.54, 1.807) is 24.3 Å². The van der Waals surface area contributed by atoms with Crippen LogP contribution in [-0.4, -0.2) is 17.1 Å². The highest BCUT2D eigenvalue weighted by molar-refractivity contribution is 5.88. The van der Waals surface area contributed by atoms with E-state index in [9.17, 15) is 18.0 Å². The van der Waals surface area contributed by atoms with Crippen molar-refractivity contribution in [2.75, 3.05) is 0 Å². The lowest BCUT2D eigenvalue weighted by atomic mass is 10.2. The fourth-order valence-electron chi connectivity index (χ4n) is 1.45. The Kier molecular flexibility index (Phi) is 2.79. The van der Waals surface area contributed by atoms with Crippen molar-refractivity contribution in [2.24, 2.45) is 0 Å². The molecule has 1 N–H and O–H groups in total. The monoisotopic (exact) mass is 243 g/mol. The Bertz CT molecular complexity index is 545. The average molecular weight is 243 g/mol. The maximum atomic E-state index is 11.9. The molecule has 6 heteroatoms. The first-order valence-electron chi connectivity index (χ1n) is 4.79. The lowest BCUT2D eigenvalue weighted by Crippen LogP contribution is -2.19. The van der Waals surface area contributed by atoms with Crippen molar-refractivity contribution in [1.82, 2.24) is 4.98 Å². The van der Waals surface area contributed by atoms with Gasteiger partial charge in [-0.2, -0.15) is 13.2 Å². The van der Waals surface area contributed by atoms with Crippen LogP contribution in [0.2, 0.25) is 0 Å². The second-order valence-corrected chi connectivity index (χ2v) is 3.46. The Morgan fingerprint density at radius 3 is 2.71 bits per heavy atom. The number of carbonyl (C=O) groups is 1. The molecule has 0 unspecified atom stereocenters. The molecule has 0 bridgehead atoms. The Morgan fingerprint density at radius 1 is 1.29 bits per heavy atom. The average Bonchev–Trinajstić information content (AvgIpc) is 2.59. The van der Waals surface area contributed by atoms with E-state index < -0.39 is 18.6 Å². The van der Waals surface area contributed by atoms with Gasteiger partial charge in [-0.3, -0.25) is 4.79 Å². The first kappa shape index (κ1) is 11.5. The van der Waals surface area contributed by atoms with Crippen LogP contribution in [0.1, 0.15) is 6.42 Å². The molecule has 2 aromatic rings. The van der Waals surface area contributed by atoms with E-state index >= 15 is 0 Å². The van der Waals surface area contributed by atoms with Crippen LogP contribution in [0.4, 0.5) is 13.2 Å². The topological polar surface area (TPSA) is 42.1 Å². The molecule has 0 fully saturated rings. The third-order valence-electron chi connectivity index (χ3n) is 2.12. The molecule has 0 spiro atoms. The summed E-state index contributed by atoms with van der Waals surface area (Å²) in [7, 11) is 0. The number of halogens is 3. The number of benzene rings is 1. The maximum Gasteiger partial charge on any atom is 0.399 e. The van der Waals surface area contributed by atoms with Gasteiger partial charge in [-0.1, -0.05) is 12.1 Å². The number of aromatic nitrogens is 1. The fourth-order valence-corrected chi connectivity index (χ4v) is 1.45. The number of alkyl halides is 3. The van der Waals surface area contributed by atoms with E-state index in [-0.39, 0.29) is 5.75 Å². The van der Waals surface area contributed by atoms with E-state index in [1.807, 2.05) is 0 Å². The largest absolute Gasteiger partial charge is 0.424 e. The van der Waals surface area contributed by atoms with Gasteiger partial charge >= 0.3 is 12.1 Å². The molecule has 1 heterocycles. The van der Waals surface area contributed by atoms with Crippen molar-refractivity contribution >= 4 is 16.9 Å². The summed E-state index contributed by atoms with van der Waals surface area (Å²) in [6.07, 6.45) is -4.78.